The number of hydrogen-bond donors (Lipinski definition) is 2. The van der Waals surface area contributed by atoms with Gasteiger partial charge in [-0.2, -0.15) is 0 Å². The molecule has 0 aliphatic heterocycles. The lowest BCUT2D eigenvalue weighted by Crippen LogP contribution is -2.24. The van der Waals surface area contributed by atoms with Gasteiger partial charge >= 0.3 is 0 Å². The molecule has 2 rings (SSSR count). The van der Waals surface area contributed by atoms with Gasteiger partial charge in [0.1, 0.15) is 4.90 Å². The lowest BCUT2D eigenvalue weighted by Gasteiger charge is -2.09. The molecule has 0 saturated carbocycles. The third-order valence-electron chi connectivity index (χ3n) is 2.27. The summed E-state index contributed by atoms with van der Waals surface area (Å²) in [5.41, 5.74) is 2.86. The minimum atomic E-state index is -3.59. The maximum atomic E-state index is 12.1. The van der Waals surface area contributed by atoms with Crippen LogP contribution in [0.1, 0.15) is 5.69 Å². The highest BCUT2D eigenvalue weighted by molar-refractivity contribution is 7.89. The molecule has 0 saturated heterocycles. The topological polar surface area (TPSA) is 84.0 Å². The summed E-state index contributed by atoms with van der Waals surface area (Å²) in [4.78, 5) is 7.98. The van der Waals surface area contributed by atoms with Crippen molar-refractivity contribution in [2.75, 3.05) is 12.4 Å². The van der Waals surface area contributed by atoms with Crippen molar-refractivity contribution in [1.29, 1.82) is 0 Å². The normalized spacial score (nSPS) is 11.4. The number of anilines is 1. The van der Waals surface area contributed by atoms with Crippen LogP contribution in [0.25, 0.3) is 0 Å². The molecule has 0 radical (unpaired) electrons. The number of nitrogens with zero attached hydrogens (tertiary/aromatic N) is 2. The molecule has 0 amide bonds. The third-order valence-corrected chi connectivity index (χ3v) is 4.33. The van der Waals surface area contributed by atoms with Crippen LogP contribution < -0.4 is 10.0 Å². The average molecular weight is 284 g/mol. The Hall–Kier alpha value is -1.51. The van der Waals surface area contributed by atoms with Gasteiger partial charge in [-0.25, -0.2) is 18.1 Å². The van der Waals surface area contributed by atoms with E-state index >= 15 is 0 Å². The Morgan fingerprint density at radius 3 is 2.94 bits per heavy atom. The van der Waals surface area contributed by atoms with Crippen LogP contribution in [-0.4, -0.2) is 25.4 Å². The quantitative estimate of drug-likeness (QED) is 0.857. The maximum Gasteiger partial charge on any atom is 0.244 e. The first-order chi connectivity index (χ1) is 8.63. The lowest BCUT2D eigenvalue weighted by atomic mass is 10.4. The van der Waals surface area contributed by atoms with Crippen LogP contribution in [0.4, 0.5) is 5.69 Å². The van der Waals surface area contributed by atoms with Crippen molar-refractivity contribution >= 4 is 27.0 Å². The minimum absolute atomic E-state index is 0.128. The molecule has 18 heavy (non-hydrogen) atoms. The van der Waals surface area contributed by atoms with Gasteiger partial charge < -0.3 is 5.32 Å². The fraction of sp³-hybridized carbons (Fsp3) is 0.200. The summed E-state index contributed by atoms with van der Waals surface area (Å²) in [6.45, 7) is 0.171. The van der Waals surface area contributed by atoms with Crippen molar-refractivity contribution in [3.05, 3.63) is 35.0 Å². The summed E-state index contributed by atoms with van der Waals surface area (Å²) in [5, 5.41) is 4.62. The summed E-state index contributed by atoms with van der Waals surface area (Å²) in [6, 6.07) is 1.61. The van der Waals surface area contributed by atoms with Crippen LogP contribution >= 0.6 is 11.3 Å². The third kappa shape index (κ3) is 2.84. The Labute approximate surface area is 109 Å². The van der Waals surface area contributed by atoms with Crippen molar-refractivity contribution in [3.63, 3.8) is 0 Å². The number of hydrogen-bond acceptors (Lipinski definition) is 6. The number of aromatic nitrogens is 2. The van der Waals surface area contributed by atoms with E-state index in [-0.39, 0.29) is 11.4 Å². The molecule has 2 heterocycles. The highest BCUT2D eigenvalue weighted by Gasteiger charge is 2.18. The smallest absolute Gasteiger partial charge is 0.244 e. The molecule has 2 aromatic rings. The second kappa shape index (κ2) is 5.42. The van der Waals surface area contributed by atoms with Crippen molar-refractivity contribution in [2.24, 2.45) is 0 Å². The first kappa shape index (κ1) is 12.9. The van der Waals surface area contributed by atoms with Gasteiger partial charge in [0.05, 0.1) is 23.4 Å². The molecule has 0 aliphatic carbocycles. The van der Waals surface area contributed by atoms with Crippen molar-refractivity contribution in [1.82, 2.24) is 14.7 Å². The Morgan fingerprint density at radius 1 is 1.44 bits per heavy atom. The fourth-order valence-corrected chi connectivity index (χ4v) is 3.08. The van der Waals surface area contributed by atoms with E-state index in [9.17, 15) is 8.42 Å². The van der Waals surface area contributed by atoms with Crippen LogP contribution in [-0.2, 0) is 16.6 Å². The second-order valence-corrected chi connectivity index (χ2v) is 5.88. The van der Waals surface area contributed by atoms with E-state index in [4.69, 9.17) is 0 Å². The van der Waals surface area contributed by atoms with Crippen molar-refractivity contribution in [2.45, 2.75) is 11.4 Å². The maximum absolute atomic E-state index is 12.1. The Balaban J connectivity index is 2.20. The summed E-state index contributed by atoms with van der Waals surface area (Å²) in [5.74, 6) is 0. The lowest BCUT2D eigenvalue weighted by molar-refractivity contribution is 0.580. The Morgan fingerprint density at radius 2 is 2.28 bits per heavy atom. The Bertz CT molecular complexity index is 611. The molecule has 2 N–H and O–H groups in total. The molecule has 2 aromatic heterocycles. The molecular formula is C10H12N4O2S2. The van der Waals surface area contributed by atoms with Gasteiger partial charge in [-0.05, 0) is 6.07 Å². The second-order valence-electron chi connectivity index (χ2n) is 3.43. The standard InChI is InChI=1S/C10H12N4O2S2/c1-11-9-2-3-12-5-10(9)18(15,16)14-4-8-6-17-7-13-8/h2-3,5-7,14H,4H2,1H3,(H,11,12). The number of nitrogens with one attached hydrogen (secondary N) is 2. The van der Waals surface area contributed by atoms with Gasteiger partial charge in [0.25, 0.3) is 0 Å². The van der Waals surface area contributed by atoms with E-state index < -0.39 is 10.0 Å². The van der Waals surface area contributed by atoms with Gasteiger partial charge in [-0.3, -0.25) is 4.98 Å². The summed E-state index contributed by atoms with van der Waals surface area (Å²) in [7, 11) is -1.93. The van der Waals surface area contributed by atoms with Gasteiger partial charge in [0, 0.05) is 24.8 Å². The SMILES string of the molecule is CNc1ccncc1S(=O)(=O)NCc1cscn1. The average Bonchev–Trinajstić information content (AvgIpc) is 2.89. The summed E-state index contributed by atoms with van der Waals surface area (Å²) < 4.78 is 26.7. The predicted molar refractivity (Wildman–Crippen MR) is 69.9 cm³/mol. The number of pyridine rings is 1. The molecule has 8 heteroatoms. The fourth-order valence-electron chi connectivity index (χ4n) is 1.37. The molecule has 6 nitrogen and oxygen atoms in total. The zero-order valence-corrected chi connectivity index (χ0v) is 11.3. The zero-order chi connectivity index (χ0) is 13.0. The van der Waals surface area contributed by atoms with E-state index in [1.807, 2.05) is 0 Å². The first-order valence-electron chi connectivity index (χ1n) is 5.12. The van der Waals surface area contributed by atoms with Gasteiger partial charge in [-0.15, -0.1) is 11.3 Å². The van der Waals surface area contributed by atoms with E-state index in [0.29, 0.717) is 11.4 Å². The highest BCUT2D eigenvalue weighted by Crippen LogP contribution is 2.18. The van der Waals surface area contributed by atoms with E-state index in [1.54, 1.807) is 24.0 Å². The van der Waals surface area contributed by atoms with Crippen LogP contribution in [0.5, 0.6) is 0 Å². The molecule has 0 bridgehead atoms. The van der Waals surface area contributed by atoms with Gasteiger partial charge in [0.15, 0.2) is 0 Å². The monoisotopic (exact) mass is 284 g/mol. The molecular weight excluding hydrogens is 272 g/mol. The van der Waals surface area contributed by atoms with Crippen LogP contribution in [0, 0.1) is 0 Å². The molecule has 0 atom stereocenters. The van der Waals surface area contributed by atoms with E-state index in [0.717, 1.165) is 0 Å². The number of thiazole rings is 1. The molecule has 0 aromatic carbocycles. The zero-order valence-electron chi connectivity index (χ0n) is 9.62. The number of rotatable bonds is 5. The Kier molecular flexibility index (Phi) is 3.90. The van der Waals surface area contributed by atoms with Crippen LogP contribution in [0.15, 0.2) is 34.2 Å². The molecule has 0 aliphatic rings. The predicted octanol–water partition coefficient (Wildman–Crippen LogP) is 1.06. The molecule has 0 unspecified atom stereocenters. The molecule has 0 spiro atoms. The van der Waals surface area contributed by atoms with Gasteiger partial charge in [0.2, 0.25) is 10.0 Å². The minimum Gasteiger partial charge on any atom is -0.387 e. The summed E-state index contributed by atoms with van der Waals surface area (Å²) >= 11 is 1.42. The van der Waals surface area contributed by atoms with E-state index in [1.165, 1.54) is 23.7 Å². The summed E-state index contributed by atoms with van der Waals surface area (Å²) in [6.07, 6.45) is 2.85. The largest absolute Gasteiger partial charge is 0.387 e. The van der Waals surface area contributed by atoms with Crippen molar-refractivity contribution in [3.8, 4) is 0 Å². The van der Waals surface area contributed by atoms with Gasteiger partial charge in [-0.1, -0.05) is 0 Å². The highest BCUT2D eigenvalue weighted by atomic mass is 32.2. The first-order valence-corrected chi connectivity index (χ1v) is 7.54. The van der Waals surface area contributed by atoms with Crippen molar-refractivity contribution < 1.29 is 8.42 Å². The molecule has 96 valence electrons. The molecule has 0 fully saturated rings. The van der Waals surface area contributed by atoms with Crippen LogP contribution in [0.2, 0.25) is 0 Å². The van der Waals surface area contributed by atoms with E-state index in [2.05, 4.69) is 20.0 Å². The number of sulfonamides is 1. The van der Waals surface area contributed by atoms with Crippen LogP contribution in [0.3, 0.4) is 0 Å².